The molecule has 5 unspecified atom stereocenters. The normalized spacial score (nSPS) is 41.3. The van der Waals surface area contributed by atoms with E-state index in [9.17, 15) is 9.59 Å². The van der Waals surface area contributed by atoms with E-state index in [4.69, 9.17) is 0 Å². The van der Waals surface area contributed by atoms with E-state index in [-0.39, 0.29) is 28.3 Å². The minimum Gasteiger partial charge on any atom is -0.344 e. The van der Waals surface area contributed by atoms with Crippen LogP contribution >= 0.6 is 11.3 Å². The largest absolute Gasteiger partial charge is 0.344 e. The van der Waals surface area contributed by atoms with Crippen LogP contribution in [-0.4, -0.2) is 37.8 Å². The molecule has 7 rings (SSSR count). The Morgan fingerprint density at radius 1 is 1.18 bits per heavy atom. The summed E-state index contributed by atoms with van der Waals surface area (Å²) in [5.41, 5.74) is 1.45. The quantitative estimate of drug-likeness (QED) is 0.871. The van der Waals surface area contributed by atoms with Crippen LogP contribution in [0.15, 0.2) is 29.9 Å². The highest BCUT2D eigenvalue weighted by Crippen LogP contribution is 2.85. The summed E-state index contributed by atoms with van der Waals surface area (Å²) in [7, 11) is 0. The summed E-state index contributed by atoms with van der Waals surface area (Å²) in [5, 5.41) is 5.80. The summed E-state index contributed by atoms with van der Waals surface area (Å²) in [6.45, 7) is 0.618. The first kappa shape index (κ1) is 15.6. The number of thiazole rings is 1. The van der Waals surface area contributed by atoms with E-state index in [2.05, 4.69) is 20.2 Å². The monoisotopic (exact) mass is 392 g/mol. The number of fused-ring (bicyclic) bond motifs is 2. The van der Waals surface area contributed by atoms with Crippen LogP contribution in [0.5, 0.6) is 0 Å². The van der Waals surface area contributed by atoms with Crippen LogP contribution in [0.25, 0.3) is 0 Å². The summed E-state index contributed by atoms with van der Waals surface area (Å²) in [6.07, 6.45) is 8.86. The van der Waals surface area contributed by atoms with Crippen LogP contribution < -0.4 is 5.32 Å². The molecule has 28 heavy (non-hydrogen) atoms. The number of hydrogen-bond donors (Lipinski definition) is 1. The van der Waals surface area contributed by atoms with E-state index in [0.29, 0.717) is 23.4 Å². The SMILES string of the molecule is O=C(NC12CC3CC4(N5Cc6ncccc6C5=O)CC(C1)C24C3)c1nccs1. The number of amides is 2. The van der Waals surface area contributed by atoms with Gasteiger partial charge in [0.15, 0.2) is 5.01 Å². The first-order chi connectivity index (χ1) is 13.6. The smallest absolute Gasteiger partial charge is 0.280 e. The van der Waals surface area contributed by atoms with Crippen LogP contribution in [0, 0.1) is 17.3 Å². The van der Waals surface area contributed by atoms with Crippen molar-refractivity contribution in [3.05, 3.63) is 46.2 Å². The van der Waals surface area contributed by atoms with Crippen LogP contribution in [0.1, 0.15) is 58.0 Å². The first-order valence-corrected chi connectivity index (χ1v) is 10.9. The number of aromatic nitrogens is 2. The van der Waals surface area contributed by atoms with Crippen LogP contribution in [-0.2, 0) is 6.54 Å². The zero-order valence-corrected chi connectivity index (χ0v) is 16.2. The predicted octanol–water partition coefficient (Wildman–Crippen LogP) is 2.63. The summed E-state index contributed by atoms with van der Waals surface area (Å²) in [6, 6.07) is 3.75. The lowest BCUT2D eigenvalue weighted by molar-refractivity contribution is -0.260. The predicted molar refractivity (Wildman–Crippen MR) is 102 cm³/mol. The number of hydrogen-bond acceptors (Lipinski definition) is 5. The van der Waals surface area contributed by atoms with Gasteiger partial charge in [0.1, 0.15) is 0 Å². The van der Waals surface area contributed by atoms with E-state index in [1.54, 1.807) is 12.4 Å². The van der Waals surface area contributed by atoms with Gasteiger partial charge in [0.25, 0.3) is 11.8 Å². The van der Waals surface area contributed by atoms with Crippen molar-refractivity contribution in [2.24, 2.45) is 17.3 Å². The van der Waals surface area contributed by atoms with Gasteiger partial charge in [-0.15, -0.1) is 11.3 Å². The van der Waals surface area contributed by atoms with Gasteiger partial charge in [0, 0.05) is 28.7 Å². The molecule has 4 aliphatic carbocycles. The van der Waals surface area contributed by atoms with Crippen molar-refractivity contribution < 1.29 is 9.59 Å². The summed E-state index contributed by atoms with van der Waals surface area (Å²) in [4.78, 5) is 36.9. The molecule has 2 amide bonds. The molecule has 0 saturated heterocycles. The lowest BCUT2D eigenvalue weighted by Gasteiger charge is -2.79. The molecule has 2 aromatic heterocycles. The van der Waals surface area contributed by atoms with Crippen molar-refractivity contribution in [1.82, 2.24) is 20.2 Å². The molecule has 0 aromatic carbocycles. The Kier molecular flexibility index (Phi) is 2.59. The average Bonchev–Trinajstić information content (AvgIpc) is 3.41. The third-order valence-electron chi connectivity index (χ3n) is 8.60. The van der Waals surface area contributed by atoms with Gasteiger partial charge < -0.3 is 10.2 Å². The molecule has 4 saturated carbocycles. The number of carbonyl (C=O) groups is 2. The van der Waals surface area contributed by atoms with E-state index in [0.717, 1.165) is 43.4 Å². The molecule has 5 aliphatic rings. The molecule has 4 fully saturated rings. The van der Waals surface area contributed by atoms with Gasteiger partial charge in [-0.2, -0.15) is 0 Å². The van der Waals surface area contributed by atoms with Crippen molar-refractivity contribution in [3.63, 3.8) is 0 Å². The highest BCUT2D eigenvalue weighted by molar-refractivity contribution is 7.11. The molecule has 1 N–H and O–H groups in total. The van der Waals surface area contributed by atoms with Gasteiger partial charge in [0.2, 0.25) is 0 Å². The summed E-state index contributed by atoms with van der Waals surface area (Å²) in [5.74, 6) is 1.30. The fraction of sp³-hybridized carbons (Fsp3) is 0.524. The molecule has 1 spiro atoms. The second kappa shape index (κ2) is 4.64. The highest BCUT2D eigenvalue weighted by atomic mass is 32.1. The zero-order valence-electron chi connectivity index (χ0n) is 15.4. The van der Waals surface area contributed by atoms with Gasteiger partial charge in [0.05, 0.1) is 23.3 Å². The Hall–Kier alpha value is -2.28. The van der Waals surface area contributed by atoms with Crippen molar-refractivity contribution >= 4 is 23.2 Å². The second-order valence-corrected chi connectivity index (χ2v) is 10.2. The Labute approximate surface area is 166 Å². The Balaban J connectivity index is 1.27. The van der Waals surface area contributed by atoms with Gasteiger partial charge in [-0.3, -0.25) is 14.6 Å². The van der Waals surface area contributed by atoms with Gasteiger partial charge in [-0.25, -0.2) is 4.98 Å². The molecule has 2 aromatic rings. The molecular weight excluding hydrogens is 372 g/mol. The van der Waals surface area contributed by atoms with Crippen molar-refractivity contribution in [2.45, 2.75) is 49.7 Å². The number of pyridine rings is 1. The third kappa shape index (κ3) is 1.46. The topological polar surface area (TPSA) is 75.2 Å². The Morgan fingerprint density at radius 3 is 2.89 bits per heavy atom. The lowest BCUT2D eigenvalue weighted by Crippen LogP contribution is -2.86. The van der Waals surface area contributed by atoms with Crippen LogP contribution in [0.4, 0.5) is 0 Å². The maximum atomic E-state index is 13.3. The first-order valence-electron chi connectivity index (χ1n) is 10.1. The van der Waals surface area contributed by atoms with E-state index in [1.165, 1.54) is 11.3 Å². The molecule has 5 atom stereocenters. The zero-order chi connectivity index (χ0) is 18.7. The van der Waals surface area contributed by atoms with Gasteiger partial charge in [-0.1, -0.05) is 0 Å². The molecule has 0 radical (unpaired) electrons. The lowest BCUT2D eigenvalue weighted by atomic mass is 9.31. The van der Waals surface area contributed by atoms with Gasteiger partial charge in [-0.05, 0) is 56.1 Å². The second-order valence-electron chi connectivity index (χ2n) is 9.35. The Bertz CT molecular complexity index is 1050. The number of rotatable bonds is 3. The van der Waals surface area contributed by atoms with Crippen LogP contribution in [0.3, 0.4) is 0 Å². The number of nitrogens with zero attached hydrogens (tertiary/aromatic N) is 3. The maximum absolute atomic E-state index is 13.3. The standard InChI is InChI=1S/C21H20N4O2S/c26-16(17-23-4-5-28-17)24-19-6-12-7-20(10-13(9-19)21(19,20)8-12)25-11-15-14(18(25)27)2-1-3-22-15/h1-5,12-13H,6-11H2,(H,24,26). The summed E-state index contributed by atoms with van der Waals surface area (Å²) >= 11 is 1.39. The van der Waals surface area contributed by atoms with Crippen molar-refractivity contribution in [2.75, 3.05) is 0 Å². The Morgan fingerprint density at radius 2 is 2.11 bits per heavy atom. The van der Waals surface area contributed by atoms with Gasteiger partial charge >= 0.3 is 0 Å². The molecular formula is C21H20N4O2S. The average molecular weight is 392 g/mol. The number of carbonyl (C=O) groups excluding carboxylic acids is 2. The van der Waals surface area contributed by atoms with Crippen molar-refractivity contribution in [3.8, 4) is 0 Å². The molecule has 3 heterocycles. The number of nitrogens with one attached hydrogen (secondary N) is 1. The van der Waals surface area contributed by atoms with E-state index >= 15 is 0 Å². The van der Waals surface area contributed by atoms with E-state index < -0.39 is 0 Å². The fourth-order valence-corrected chi connectivity index (χ4v) is 8.58. The maximum Gasteiger partial charge on any atom is 0.280 e. The highest BCUT2D eigenvalue weighted by Gasteiger charge is 2.88. The summed E-state index contributed by atoms with van der Waals surface area (Å²) < 4.78 is 0. The molecule has 142 valence electrons. The van der Waals surface area contributed by atoms with Crippen molar-refractivity contribution in [1.29, 1.82) is 0 Å². The van der Waals surface area contributed by atoms with Crippen LogP contribution in [0.2, 0.25) is 0 Å². The third-order valence-corrected chi connectivity index (χ3v) is 9.38. The van der Waals surface area contributed by atoms with E-state index in [1.807, 2.05) is 17.5 Å². The fourth-order valence-electron chi connectivity index (χ4n) is 8.04. The molecule has 7 heteroatoms. The minimum absolute atomic E-state index is 0.0473. The molecule has 2 bridgehead atoms. The molecule has 6 nitrogen and oxygen atoms in total. The molecule has 1 aliphatic heterocycles. The minimum atomic E-state index is -0.163.